The minimum absolute atomic E-state index is 0.0251. The second kappa shape index (κ2) is 9.98. The molecule has 0 heterocycles. The van der Waals surface area contributed by atoms with Gasteiger partial charge in [0.25, 0.3) is 0 Å². The van der Waals surface area contributed by atoms with Crippen molar-refractivity contribution in [1.82, 2.24) is 10.6 Å². The van der Waals surface area contributed by atoms with E-state index in [0.29, 0.717) is 0 Å². The van der Waals surface area contributed by atoms with Crippen LogP contribution in [0.3, 0.4) is 0 Å². The van der Waals surface area contributed by atoms with Gasteiger partial charge in [-0.15, -0.1) is 0 Å². The Morgan fingerprint density at radius 3 is 1.85 bits per heavy atom. The van der Waals surface area contributed by atoms with E-state index < -0.39 is 41.3 Å². The summed E-state index contributed by atoms with van der Waals surface area (Å²) in [6, 6.07) is -0.954. The van der Waals surface area contributed by atoms with Crippen LogP contribution in [0.4, 0.5) is 9.59 Å². The highest BCUT2D eigenvalue weighted by atomic mass is 16.6. The van der Waals surface area contributed by atoms with E-state index >= 15 is 0 Å². The fourth-order valence-corrected chi connectivity index (χ4v) is 1.79. The molecule has 9 nitrogen and oxygen atoms in total. The normalized spacial score (nSPS) is 12.6. The van der Waals surface area contributed by atoms with E-state index in [9.17, 15) is 19.2 Å². The van der Waals surface area contributed by atoms with Crippen molar-refractivity contribution in [2.45, 2.75) is 78.0 Å². The van der Waals surface area contributed by atoms with Gasteiger partial charge in [0.2, 0.25) is 5.91 Å². The van der Waals surface area contributed by atoms with Crippen LogP contribution in [0.25, 0.3) is 0 Å². The Kier molecular flexibility index (Phi) is 9.09. The summed E-state index contributed by atoms with van der Waals surface area (Å²) < 4.78 is 14.7. The van der Waals surface area contributed by atoms with E-state index in [0.717, 1.165) is 0 Å². The van der Waals surface area contributed by atoms with Crippen molar-refractivity contribution in [2.75, 3.05) is 7.11 Å². The molecule has 1 atom stereocenters. The number of alkyl carbamates (subject to hydrolysis) is 2. The first-order valence-corrected chi connectivity index (χ1v) is 8.33. The zero-order valence-corrected chi connectivity index (χ0v) is 16.6. The maximum absolute atomic E-state index is 11.8. The predicted molar refractivity (Wildman–Crippen MR) is 93.4 cm³/mol. The first-order valence-electron chi connectivity index (χ1n) is 8.33. The van der Waals surface area contributed by atoms with Crippen LogP contribution in [0.2, 0.25) is 0 Å². The van der Waals surface area contributed by atoms with E-state index in [1.54, 1.807) is 41.5 Å². The summed E-state index contributed by atoms with van der Waals surface area (Å²) in [4.78, 5) is 46.8. The van der Waals surface area contributed by atoms with Crippen molar-refractivity contribution in [3.05, 3.63) is 0 Å². The lowest BCUT2D eigenvalue weighted by atomic mass is 10.1. The van der Waals surface area contributed by atoms with Gasteiger partial charge in [0.15, 0.2) is 0 Å². The summed E-state index contributed by atoms with van der Waals surface area (Å²) in [6.07, 6.45) is -1.23. The molecule has 0 aromatic heterocycles. The van der Waals surface area contributed by atoms with Crippen LogP contribution >= 0.6 is 0 Å². The second-order valence-corrected chi connectivity index (χ2v) is 7.66. The Morgan fingerprint density at radius 1 is 0.885 bits per heavy atom. The van der Waals surface area contributed by atoms with Gasteiger partial charge in [0, 0.05) is 6.42 Å². The zero-order valence-electron chi connectivity index (χ0n) is 16.6. The van der Waals surface area contributed by atoms with Crippen LogP contribution in [-0.4, -0.2) is 48.4 Å². The van der Waals surface area contributed by atoms with Gasteiger partial charge in [0.05, 0.1) is 7.11 Å². The predicted octanol–water partition coefficient (Wildman–Crippen LogP) is 2.27. The number of hydrogen-bond acceptors (Lipinski definition) is 7. The lowest BCUT2D eigenvalue weighted by Crippen LogP contribution is -2.44. The first-order chi connectivity index (χ1) is 11.7. The van der Waals surface area contributed by atoms with Crippen LogP contribution < -0.4 is 10.6 Å². The lowest BCUT2D eigenvalue weighted by Gasteiger charge is -2.22. The Bertz CT molecular complexity index is 518. The molecule has 0 saturated carbocycles. The second-order valence-electron chi connectivity index (χ2n) is 7.66. The van der Waals surface area contributed by atoms with Gasteiger partial charge in [-0.2, -0.15) is 0 Å². The van der Waals surface area contributed by atoms with Crippen LogP contribution in [0.1, 0.15) is 60.8 Å². The summed E-state index contributed by atoms with van der Waals surface area (Å²) in [5.74, 6) is -1.19. The van der Waals surface area contributed by atoms with E-state index in [4.69, 9.17) is 9.47 Å². The molecule has 26 heavy (non-hydrogen) atoms. The molecule has 0 aliphatic carbocycles. The van der Waals surface area contributed by atoms with Crippen molar-refractivity contribution in [3.63, 3.8) is 0 Å². The number of esters is 1. The van der Waals surface area contributed by atoms with Crippen molar-refractivity contribution in [1.29, 1.82) is 0 Å². The highest BCUT2D eigenvalue weighted by Gasteiger charge is 2.25. The number of nitrogens with one attached hydrogen (secondary N) is 2. The smallest absolute Gasteiger partial charge is 0.414 e. The summed E-state index contributed by atoms with van der Waals surface area (Å²) in [7, 11) is 1.20. The topological polar surface area (TPSA) is 120 Å². The molecule has 0 aromatic rings. The number of carbonyl (C=O) groups excluding carboxylic acids is 4. The number of carbonyl (C=O) groups is 4. The monoisotopic (exact) mass is 374 g/mol. The third-order valence-electron chi connectivity index (χ3n) is 2.71. The maximum atomic E-state index is 11.8. The fourth-order valence-electron chi connectivity index (χ4n) is 1.79. The first kappa shape index (κ1) is 23.7. The molecule has 0 fully saturated rings. The third-order valence-corrected chi connectivity index (χ3v) is 2.71. The molecule has 0 saturated heterocycles. The van der Waals surface area contributed by atoms with Crippen molar-refractivity contribution in [3.8, 4) is 0 Å². The molecule has 2 N–H and O–H groups in total. The van der Waals surface area contributed by atoms with Gasteiger partial charge in [-0.3, -0.25) is 10.1 Å². The SMILES string of the molecule is COC(=O)C(CCCC(=O)NC(=O)OC(C)(C)C)NC(=O)OC(C)(C)C. The fraction of sp³-hybridized carbons (Fsp3) is 0.765. The minimum atomic E-state index is -0.954. The average Bonchev–Trinajstić information content (AvgIpc) is 2.40. The highest BCUT2D eigenvalue weighted by molar-refractivity contribution is 5.91. The Hall–Kier alpha value is -2.32. The Labute approximate surface area is 154 Å². The number of amides is 3. The van der Waals surface area contributed by atoms with Crippen molar-refractivity contribution >= 4 is 24.1 Å². The molecule has 0 aliphatic heterocycles. The van der Waals surface area contributed by atoms with Crippen LogP contribution in [0.5, 0.6) is 0 Å². The minimum Gasteiger partial charge on any atom is -0.467 e. The largest absolute Gasteiger partial charge is 0.467 e. The summed E-state index contributed by atoms with van der Waals surface area (Å²) in [5, 5.41) is 4.51. The molecular weight excluding hydrogens is 344 g/mol. The van der Waals surface area contributed by atoms with E-state index in [-0.39, 0.29) is 19.3 Å². The molecule has 0 spiro atoms. The van der Waals surface area contributed by atoms with E-state index in [1.165, 1.54) is 7.11 Å². The van der Waals surface area contributed by atoms with Crippen LogP contribution in [0, 0.1) is 0 Å². The number of hydrogen-bond donors (Lipinski definition) is 2. The third kappa shape index (κ3) is 12.1. The van der Waals surface area contributed by atoms with Crippen LogP contribution in [-0.2, 0) is 23.8 Å². The molecule has 0 radical (unpaired) electrons. The van der Waals surface area contributed by atoms with Crippen LogP contribution in [0.15, 0.2) is 0 Å². The number of rotatable bonds is 6. The molecule has 150 valence electrons. The quantitative estimate of drug-likeness (QED) is 0.540. The van der Waals surface area contributed by atoms with Crippen molar-refractivity contribution in [2.24, 2.45) is 0 Å². The molecule has 0 rings (SSSR count). The number of methoxy groups -OCH3 is 1. The molecular formula is C17H30N2O7. The van der Waals surface area contributed by atoms with Gasteiger partial charge >= 0.3 is 18.2 Å². The van der Waals surface area contributed by atoms with Gasteiger partial charge in [-0.05, 0) is 54.4 Å². The Balaban J connectivity index is 4.45. The summed E-state index contributed by atoms with van der Waals surface area (Å²) in [6.45, 7) is 10.1. The van der Waals surface area contributed by atoms with Crippen molar-refractivity contribution < 1.29 is 33.4 Å². The lowest BCUT2D eigenvalue weighted by molar-refractivity contribution is -0.143. The molecule has 3 amide bonds. The zero-order chi connectivity index (χ0) is 20.5. The summed E-state index contributed by atoms with van der Waals surface area (Å²) in [5.41, 5.74) is -1.42. The van der Waals surface area contributed by atoms with Gasteiger partial charge in [0.1, 0.15) is 17.2 Å². The van der Waals surface area contributed by atoms with Gasteiger partial charge in [-0.1, -0.05) is 0 Å². The Morgan fingerprint density at radius 2 is 1.38 bits per heavy atom. The van der Waals surface area contributed by atoms with Gasteiger partial charge in [-0.25, -0.2) is 14.4 Å². The highest BCUT2D eigenvalue weighted by Crippen LogP contribution is 2.10. The van der Waals surface area contributed by atoms with E-state index in [1.807, 2.05) is 0 Å². The molecule has 1 unspecified atom stereocenters. The summed E-state index contributed by atoms with van der Waals surface area (Å²) >= 11 is 0. The standard InChI is InChI=1S/C17H30N2O7/c1-16(2,3)25-14(22)18-11(13(21)24-7)9-8-10-12(20)19-15(23)26-17(4,5)6/h11H,8-10H2,1-7H3,(H,18,22)(H,19,20,23). The molecule has 0 bridgehead atoms. The molecule has 9 heteroatoms. The van der Waals surface area contributed by atoms with Gasteiger partial charge < -0.3 is 19.5 Å². The maximum Gasteiger partial charge on any atom is 0.414 e. The average molecular weight is 374 g/mol. The van der Waals surface area contributed by atoms with E-state index in [2.05, 4.69) is 15.4 Å². The molecule has 0 aromatic carbocycles. The molecule has 0 aliphatic rings. The number of ether oxygens (including phenoxy) is 3. The number of imide groups is 1.